The fourth-order valence-corrected chi connectivity index (χ4v) is 3.05. The van der Waals surface area contributed by atoms with Crippen molar-refractivity contribution in [3.8, 4) is 11.5 Å². The van der Waals surface area contributed by atoms with Crippen LogP contribution in [0.25, 0.3) is 0 Å². The molecule has 142 valence electrons. The molecule has 1 saturated heterocycles. The van der Waals surface area contributed by atoms with Gasteiger partial charge in [-0.15, -0.1) is 0 Å². The Bertz CT molecular complexity index is 750. The lowest BCUT2D eigenvalue weighted by atomic mass is 9.96. The summed E-state index contributed by atoms with van der Waals surface area (Å²) in [5, 5.41) is 11.5. The number of amides is 2. The average Bonchev–Trinajstić information content (AvgIpc) is 3.06. The number of nitrogens with one attached hydrogen (secondary N) is 1. The summed E-state index contributed by atoms with van der Waals surface area (Å²) < 4.78 is 50.1. The third-order valence-corrected chi connectivity index (χ3v) is 4.25. The fraction of sp³-hybridized carbons (Fsp3) is 0.500. The maximum absolute atomic E-state index is 13.0. The van der Waals surface area contributed by atoms with Gasteiger partial charge in [0.2, 0.25) is 5.79 Å². The molecule has 1 aromatic rings. The monoisotopic (exact) mass is 374 g/mol. The smallest absolute Gasteiger partial charge is 0.394 e. The second-order valence-electron chi connectivity index (χ2n) is 6.69. The molecule has 2 N–H and O–H groups in total. The van der Waals surface area contributed by atoms with Crippen molar-refractivity contribution in [2.75, 3.05) is 18.4 Å². The molecule has 0 aliphatic carbocycles. The molecular formula is C16H17F3N2O5. The molecule has 7 nitrogen and oxygen atoms in total. The van der Waals surface area contributed by atoms with Gasteiger partial charge in [0.25, 0.3) is 0 Å². The van der Waals surface area contributed by atoms with Crippen LogP contribution in [-0.4, -0.2) is 47.1 Å². The van der Waals surface area contributed by atoms with E-state index in [-0.39, 0.29) is 0 Å². The number of carbonyl (C=O) groups is 2. The van der Waals surface area contributed by atoms with Crippen molar-refractivity contribution in [2.24, 2.45) is 11.8 Å². The number of benzene rings is 1. The van der Waals surface area contributed by atoms with Crippen molar-refractivity contribution in [2.45, 2.75) is 25.8 Å². The molecule has 0 saturated carbocycles. The number of carboxylic acid groups (broad SMARTS) is 1. The van der Waals surface area contributed by atoms with Crippen molar-refractivity contribution < 1.29 is 37.3 Å². The van der Waals surface area contributed by atoms with E-state index >= 15 is 0 Å². The molecule has 1 fully saturated rings. The molecule has 1 aromatic carbocycles. The number of fused-ring (bicyclic) bond motifs is 1. The van der Waals surface area contributed by atoms with Crippen LogP contribution in [0.2, 0.25) is 0 Å². The van der Waals surface area contributed by atoms with Gasteiger partial charge in [-0.25, -0.2) is 4.79 Å². The van der Waals surface area contributed by atoms with Crippen molar-refractivity contribution in [1.29, 1.82) is 0 Å². The Kier molecular flexibility index (Phi) is 4.16. The summed E-state index contributed by atoms with van der Waals surface area (Å²) in [6.07, 6.45) is -4.69. The van der Waals surface area contributed by atoms with Crippen LogP contribution in [-0.2, 0) is 4.79 Å². The second kappa shape index (κ2) is 5.96. The minimum Gasteiger partial charge on any atom is -0.481 e. The van der Waals surface area contributed by atoms with Gasteiger partial charge in [0.15, 0.2) is 11.5 Å². The molecule has 26 heavy (non-hydrogen) atoms. The molecule has 10 heteroatoms. The molecule has 3 rings (SSSR count). The Balaban J connectivity index is 1.71. The molecule has 0 spiro atoms. The number of nitrogens with zero attached hydrogens (tertiary/aromatic N) is 1. The highest BCUT2D eigenvalue weighted by molar-refractivity contribution is 5.90. The first-order valence-electron chi connectivity index (χ1n) is 7.84. The number of rotatable bonds is 2. The molecule has 0 unspecified atom stereocenters. The van der Waals surface area contributed by atoms with Crippen LogP contribution in [0, 0.1) is 11.8 Å². The number of anilines is 1. The van der Waals surface area contributed by atoms with E-state index in [1.807, 2.05) is 0 Å². The van der Waals surface area contributed by atoms with E-state index < -0.39 is 48.9 Å². The number of likely N-dealkylation sites (tertiary alicyclic amines) is 1. The van der Waals surface area contributed by atoms with Crippen molar-refractivity contribution >= 4 is 17.7 Å². The number of ether oxygens (including phenoxy) is 2. The Morgan fingerprint density at radius 2 is 1.88 bits per heavy atom. The summed E-state index contributed by atoms with van der Waals surface area (Å²) >= 11 is 0. The number of hydrogen-bond donors (Lipinski definition) is 2. The quantitative estimate of drug-likeness (QED) is 0.831. The summed E-state index contributed by atoms with van der Waals surface area (Å²) in [4.78, 5) is 24.2. The maximum atomic E-state index is 13.0. The number of halogens is 3. The predicted molar refractivity (Wildman–Crippen MR) is 83.0 cm³/mol. The minimum absolute atomic E-state index is 0.303. The second-order valence-corrected chi connectivity index (χ2v) is 6.69. The van der Waals surface area contributed by atoms with Crippen LogP contribution in [0.4, 0.5) is 23.7 Å². The van der Waals surface area contributed by atoms with Gasteiger partial charge in [0, 0.05) is 38.7 Å². The van der Waals surface area contributed by atoms with Gasteiger partial charge in [-0.2, -0.15) is 13.2 Å². The van der Waals surface area contributed by atoms with E-state index in [0.29, 0.717) is 17.2 Å². The van der Waals surface area contributed by atoms with Gasteiger partial charge < -0.3 is 24.8 Å². The van der Waals surface area contributed by atoms with Crippen LogP contribution >= 0.6 is 0 Å². The summed E-state index contributed by atoms with van der Waals surface area (Å²) in [6, 6.07) is 3.78. The largest absolute Gasteiger partial charge is 0.481 e. The van der Waals surface area contributed by atoms with Crippen LogP contribution in [0.3, 0.4) is 0 Å². The summed E-state index contributed by atoms with van der Waals surface area (Å²) in [6.45, 7) is 2.20. The Morgan fingerprint density at radius 3 is 2.46 bits per heavy atom. The van der Waals surface area contributed by atoms with Crippen LogP contribution in [0.15, 0.2) is 18.2 Å². The van der Waals surface area contributed by atoms with E-state index in [9.17, 15) is 22.8 Å². The maximum Gasteiger partial charge on any atom is 0.394 e. The highest BCUT2D eigenvalue weighted by Gasteiger charge is 2.53. The molecule has 0 radical (unpaired) electrons. The number of hydrogen-bond acceptors (Lipinski definition) is 4. The predicted octanol–water partition coefficient (Wildman–Crippen LogP) is 2.92. The summed E-state index contributed by atoms with van der Waals surface area (Å²) in [5.41, 5.74) is 0.303. The molecule has 2 heterocycles. The van der Waals surface area contributed by atoms with E-state index in [1.165, 1.54) is 12.1 Å². The van der Waals surface area contributed by atoms with E-state index in [1.54, 1.807) is 19.9 Å². The van der Waals surface area contributed by atoms with Gasteiger partial charge in [-0.05, 0) is 12.1 Å². The third kappa shape index (κ3) is 3.49. The first-order valence-corrected chi connectivity index (χ1v) is 7.84. The molecule has 0 aromatic heterocycles. The number of urea groups is 1. The zero-order chi connectivity index (χ0) is 19.3. The molecular weight excluding hydrogens is 357 g/mol. The van der Waals surface area contributed by atoms with Crippen molar-refractivity contribution in [3.05, 3.63) is 18.2 Å². The number of carboxylic acids is 1. The number of carbonyl (C=O) groups excluding carboxylic acids is 1. The number of aliphatic carboxylic acids is 1. The first kappa shape index (κ1) is 18.2. The number of alkyl halides is 3. The topological polar surface area (TPSA) is 88.1 Å². The third-order valence-electron chi connectivity index (χ3n) is 4.25. The molecule has 0 bridgehead atoms. The average molecular weight is 374 g/mol. The highest BCUT2D eigenvalue weighted by atomic mass is 19.4. The van der Waals surface area contributed by atoms with Crippen molar-refractivity contribution in [1.82, 2.24) is 4.90 Å². The zero-order valence-electron chi connectivity index (χ0n) is 14.0. The molecule has 2 aliphatic heterocycles. The van der Waals surface area contributed by atoms with E-state index in [0.717, 1.165) is 4.90 Å². The lowest BCUT2D eigenvalue weighted by Crippen LogP contribution is -2.35. The first-order chi connectivity index (χ1) is 12.0. The summed E-state index contributed by atoms with van der Waals surface area (Å²) in [5.74, 6) is -5.33. The van der Waals surface area contributed by atoms with Gasteiger partial charge >= 0.3 is 18.2 Å². The lowest BCUT2D eigenvalue weighted by Gasteiger charge is -2.18. The SMILES string of the molecule is CC1(C)Oc2ccc(NC(=O)N3C[C@@H](C(F)(F)F)[C@H](C(=O)O)C3)cc2O1. The molecule has 2 atom stereocenters. The Hall–Kier alpha value is -2.65. The highest BCUT2D eigenvalue weighted by Crippen LogP contribution is 2.41. The van der Waals surface area contributed by atoms with Gasteiger partial charge in [-0.1, -0.05) is 0 Å². The van der Waals surface area contributed by atoms with E-state index in [2.05, 4.69) is 5.32 Å². The van der Waals surface area contributed by atoms with Crippen LogP contribution in [0.1, 0.15) is 13.8 Å². The fourth-order valence-electron chi connectivity index (χ4n) is 3.05. The zero-order valence-corrected chi connectivity index (χ0v) is 14.0. The van der Waals surface area contributed by atoms with E-state index in [4.69, 9.17) is 14.6 Å². The minimum atomic E-state index is -4.69. The van der Waals surface area contributed by atoms with Gasteiger partial charge in [0.1, 0.15) is 0 Å². The van der Waals surface area contributed by atoms with Crippen molar-refractivity contribution in [3.63, 3.8) is 0 Å². The Labute approximate surface area is 146 Å². The van der Waals surface area contributed by atoms with Crippen LogP contribution < -0.4 is 14.8 Å². The molecule has 2 amide bonds. The normalized spacial score (nSPS) is 23.8. The molecule has 2 aliphatic rings. The summed E-state index contributed by atoms with van der Waals surface area (Å²) in [7, 11) is 0. The van der Waals surface area contributed by atoms with Gasteiger partial charge in [-0.3, -0.25) is 4.79 Å². The lowest BCUT2D eigenvalue weighted by molar-refractivity contribution is -0.187. The van der Waals surface area contributed by atoms with Gasteiger partial charge in [0.05, 0.1) is 11.8 Å². The van der Waals surface area contributed by atoms with Crippen LogP contribution in [0.5, 0.6) is 11.5 Å². The standard InChI is InChI=1S/C16H17F3N2O5/c1-15(2)25-11-4-3-8(5-12(11)26-15)20-14(24)21-6-9(13(22)23)10(7-21)16(17,18)19/h3-5,9-10H,6-7H2,1-2H3,(H,20,24)(H,22,23)/t9-,10-/m1/s1. The Morgan fingerprint density at radius 1 is 1.23 bits per heavy atom.